The summed E-state index contributed by atoms with van der Waals surface area (Å²) in [6.45, 7) is 3.36. The zero-order chi connectivity index (χ0) is 11.7. The predicted molar refractivity (Wildman–Crippen MR) is 56.6 cm³/mol. The fourth-order valence-electron chi connectivity index (χ4n) is 2.28. The molecule has 2 heterocycles. The summed E-state index contributed by atoms with van der Waals surface area (Å²) in [6, 6.07) is -0.387. The highest BCUT2D eigenvalue weighted by Gasteiger charge is 2.36. The van der Waals surface area contributed by atoms with Crippen molar-refractivity contribution in [1.82, 2.24) is 19.9 Å². The summed E-state index contributed by atoms with van der Waals surface area (Å²) in [5.41, 5.74) is 0.822. The third kappa shape index (κ3) is 2.06. The lowest BCUT2D eigenvalue weighted by Crippen LogP contribution is -2.38. The topological polar surface area (TPSA) is 71.2 Å². The van der Waals surface area contributed by atoms with Gasteiger partial charge >= 0.3 is 5.97 Å². The van der Waals surface area contributed by atoms with Crippen LogP contribution in [0.1, 0.15) is 19.0 Å². The Labute approximate surface area is 93.9 Å². The molecule has 6 nitrogen and oxygen atoms in total. The maximum absolute atomic E-state index is 11.1. The average Bonchev–Trinajstić information content (AvgIpc) is 2.74. The number of aromatic nitrogens is 3. The highest BCUT2D eigenvalue weighted by atomic mass is 16.4. The number of carboxylic acid groups (broad SMARTS) is 1. The zero-order valence-corrected chi connectivity index (χ0v) is 9.50. The summed E-state index contributed by atoms with van der Waals surface area (Å²) in [6.07, 6.45) is 2.75. The number of nitrogens with zero attached hydrogens (tertiary/aromatic N) is 4. The largest absolute Gasteiger partial charge is 0.480 e. The molecule has 1 fully saturated rings. The van der Waals surface area contributed by atoms with Gasteiger partial charge in [0.25, 0.3) is 0 Å². The molecular formula is C10H16N4O2. The van der Waals surface area contributed by atoms with E-state index in [-0.39, 0.29) is 12.0 Å². The van der Waals surface area contributed by atoms with E-state index in [9.17, 15) is 4.79 Å². The van der Waals surface area contributed by atoms with E-state index in [0.717, 1.165) is 18.7 Å². The van der Waals surface area contributed by atoms with Crippen molar-refractivity contribution in [2.75, 3.05) is 6.54 Å². The van der Waals surface area contributed by atoms with Gasteiger partial charge in [0, 0.05) is 19.8 Å². The minimum atomic E-state index is -0.742. The van der Waals surface area contributed by atoms with Crippen LogP contribution in [0.3, 0.4) is 0 Å². The molecule has 88 valence electrons. The summed E-state index contributed by atoms with van der Waals surface area (Å²) >= 11 is 0. The molecule has 1 aliphatic rings. The Hall–Kier alpha value is -1.43. The van der Waals surface area contributed by atoms with Crippen LogP contribution in [-0.2, 0) is 18.4 Å². The van der Waals surface area contributed by atoms with Gasteiger partial charge in [0.05, 0.1) is 5.69 Å². The van der Waals surface area contributed by atoms with Crippen LogP contribution in [0.4, 0.5) is 0 Å². The summed E-state index contributed by atoms with van der Waals surface area (Å²) in [4.78, 5) is 13.1. The van der Waals surface area contributed by atoms with Crippen LogP contribution in [0, 0.1) is 5.92 Å². The van der Waals surface area contributed by atoms with Gasteiger partial charge in [-0.05, 0) is 18.9 Å². The second kappa shape index (κ2) is 4.21. The lowest BCUT2D eigenvalue weighted by Gasteiger charge is -2.21. The number of hydrogen-bond donors (Lipinski definition) is 1. The van der Waals surface area contributed by atoms with E-state index in [1.54, 1.807) is 11.7 Å². The molecule has 2 unspecified atom stereocenters. The average molecular weight is 224 g/mol. The van der Waals surface area contributed by atoms with Crippen molar-refractivity contribution in [1.29, 1.82) is 0 Å². The van der Waals surface area contributed by atoms with Gasteiger partial charge in [0.15, 0.2) is 0 Å². The van der Waals surface area contributed by atoms with Gasteiger partial charge < -0.3 is 5.11 Å². The fourth-order valence-corrected chi connectivity index (χ4v) is 2.28. The molecule has 0 bridgehead atoms. The molecule has 6 heteroatoms. The second-order valence-electron chi connectivity index (χ2n) is 4.40. The van der Waals surface area contributed by atoms with Crippen LogP contribution in [0.2, 0.25) is 0 Å². The predicted octanol–water partition coefficient (Wildman–Crippen LogP) is 0.110. The SMILES string of the molecule is CC1CCN(Cc2cn(C)nn2)C1C(=O)O. The van der Waals surface area contributed by atoms with Crippen LogP contribution in [0.15, 0.2) is 6.20 Å². The standard InChI is InChI=1S/C10H16N4O2/c1-7-3-4-14(9(7)10(15)16)6-8-5-13(2)12-11-8/h5,7,9H,3-4,6H2,1-2H3,(H,15,16). The van der Waals surface area contributed by atoms with Crippen molar-refractivity contribution in [3.63, 3.8) is 0 Å². The van der Waals surface area contributed by atoms with Gasteiger partial charge in [-0.25, -0.2) is 0 Å². The van der Waals surface area contributed by atoms with E-state index in [2.05, 4.69) is 10.3 Å². The molecule has 0 aromatic carbocycles. The minimum absolute atomic E-state index is 0.203. The first-order valence-electron chi connectivity index (χ1n) is 5.40. The third-order valence-corrected chi connectivity index (χ3v) is 3.07. The molecule has 0 aliphatic carbocycles. The van der Waals surface area contributed by atoms with Crippen LogP contribution in [0.25, 0.3) is 0 Å². The number of aryl methyl sites for hydroxylation is 1. The Balaban J connectivity index is 2.07. The van der Waals surface area contributed by atoms with Gasteiger partial charge in [-0.3, -0.25) is 14.4 Å². The van der Waals surface area contributed by atoms with Crippen molar-refractivity contribution in [2.24, 2.45) is 13.0 Å². The molecule has 0 spiro atoms. The molecule has 0 amide bonds. The highest BCUT2D eigenvalue weighted by molar-refractivity contribution is 5.74. The number of carboxylic acids is 1. The molecular weight excluding hydrogens is 208 g/mol. The number of aliphatic carboxylic acids is 1. The Bertz CT molecular complexity index is 390. The van der Waals surface area contributed by atoms with Gasteiger partial charge in [0.2, 0.25) is 0 Å². The molecule has 1 aromatic heterocycles. The van der Waals surface area contributed by atoms with Gasteiger partial charge in [-0.2, -0.15) is 0 Å². The molecule has 16 heavy (non-hydrogen) atoms. The summed E-state index contributed by atoms with van der Waals surface area (Å²) in [5.74, 6) is -0.539. The van der Waals surface area contributed by atoms with E-state index in [1.807, 2.05) is 18.0 Å². The van der Waals surface area contributed by atoms with Crippen LogP contribution >= 0.6 is 0 Å². The monoisotopic (exact) mass is 224 g/mol. The maximum atomic E-state index is 11.1. The van der Waals surface area contributed by atoms with E-state index >= 15 is 0 Å². The van der Waals surface area contributed by atoms with Crippen molar-refractivity contribution in [2.45, 2.75) is 25.9 Å². The van der Waals surface area contributed by atoms with Crippen molar-refractivity contribution in [3.8, 4) is 0 Å². The first-order valence-corrected chi connectivity index (χ1v) is 5.40. The molecule has 1 aromatic rings. The molecule has 2 rings (SSSR count). The highest BCUT2D eigenvalue weighted by Crippen LogP contribution is 2.25. The van der Waals surface area contributed by atoms with Crippen LogP contribution < -0.4 is 0 Å². The molecule has 1 N–H and O–H groups in total. The van der Waals surface area contributed by atoms with Crippen molar-refractivity contribution in [3.05, 3.63) is 11.9 Å². The Morgan fingerprint density at radius 3 is 3.00 bits per heavy atom. The van der Waals surface area contributed by atoms with E-state index in [4.69, 9.17) is 5.11 Å². The lowest BCUT2D eigenvalue weighted by molar-refractivity contribution is -0.143. The van der Waals surface area contributed by atoms with Crippen molar-refractivity contribution < 1.29 is 9.90 Å². The van der Waals surface area contributed by atoms with Crippen molar-refractivity contribution >= 4 is 5.97 Å². The second-order valence-corrected chi connectivity index (χ2v) is 4.40. The van der Waals surface area contributed by atoms with E-state index < -0.39 is 5.97 Å². The summed E-state index contributed by atoms with van der Waals surface area (Å²) in [7, 11) is 1.80. The van der Waals surface area contributed by atoms with Gasteiger partial charge in [-0.15, -0.1) is 5.10 Å². The summed E-state index contributed by atoms with van der Waals surface area (Å²) < 4.78 is 1.63. The third-order valence-electron chi connectivity index (χ3n) is 3.07. The fraction of sp³-hybridized carbons (Fsp3) is 0.700. The van der Waals surface area contributed by atoms with E-state index in [0.29, 0.717) is 6.54 Å². The molecule has 0 radical (unpaired) electrons. The summed E-state index contributed by atoms with van der Waals surface area (Å²) in [5, 5.41) is 17.0. The Kier molecular flexibility index (Phi) is 2.91. The number of carbonyl (C=O) groups is 1. The first-order chi connectivity index (χ1) is 7.58. The van der Waals surface area contributed by atoms with Gasteiger partial charge in [-0.1, -0.05) is 12.1 Å². The Morgan fingerprint density at radius 2 is 2.44 bits per heavy atom. The normalized spacial score (nSPS) is 26.1. The first kappa shape index (κ1) is 11.1. The van der Waals surface area contributed by atoms with E-state index in [1.165, 1.54) is 0 Å². The van der Waals surface area contributed by atoms with Crippen LogP contribution in [0.5, 0.6) is 0 Å². The molecule has 1 aliphatic heterocycles. The number of rotatable bonds is 3. The maximum Gasteiger partial charge on any atom is 0.321 e. The lowest BCUT2D eigenvalue weighted by atomic mass is 10.0. The zero-order valence-electron chi connectivity index (χ0n) is 9.50. The number of hydrogen-bond acceptors (Lipinski definition) is 4. The smallest absolute Gasteiger partial charge is 0.321 e. The van der Waals surface area contributed by atoms with Crippen LogP contribution in [-0.4, -0.2) is 43.6 Å². The molecule has 2 atom stereocenters. The minimum Gasteiger partial charge on any atom is -0.480 e. The number of likely N-dealkylation sites (tertiary alicyclic amines) is 1. The van der Waals surface area contributed by atoms with Gasteiger partial charge in [0.1, 0.15) is 6.04 Å². The molecule has 1 saturated heterocycles. The Morgan fingerprint density at radius 1 is 1.69 bits per heavy atom. The molecule has 0 saturated carbocycles. The quantitative estimate of drug-likeness (QED) is 0.789.